The summed E-state index contributed by atoms with van der Waals surface area (Å²) in [6.07, 6.45) is 1.04. The Bertz CT molecular complexity index is 1150. The second kappa shape index (κ2) is 8.04. The molecule has 9 heteroatoms. The normalized spacial score (nSPS) is 11.2. The van der Waals surface area contributed by atoms with Crippen molar-refractivity contribution in [2.45, 2.75) is 17.8 Å². The zero-order valence-electron chi connectivity index (χ0n) is 14.7. The molecular weight excluding hydrogens is 405 g/mol. The molecule has 0 fully saturated rings. The van der Waals surface area contributed by atoms with Crippen LogP contribution in [-0.4, -0.2) is 24.3 Å². The van der Waals surface area contributed by atoms with Gasteiger partial charge >= 0.3 is 0 Å². The molecule has 3 aromatic rings. The summed E-state index contributed by atoms with van der Waals surface area (Å²) in [5, 5.41) is 1.90. The van der Waals surface area contributed by atoms with E-state index < -0.39 is 32.5 Å². The molecule has 0 aliphatic rings. The molecule has 1 amide bonds. The summed E-state index contributed by atoms with van der Waals surface area (Å²) in [4.78, 5) is 20.0. The smallest absolute Gasteiger partial charge is 0.275 e. The fourth-order valence-corrected chi connectivity index (χ4v) is 3.85. The van der Waals surface area contributed by atoms with Gasteiger partial charge in [0.2, 0.25) is 15.0 Å². The first-order valence-electron chi connectivity index (χ1n) is 8.13. The first-order valence-corrected chi connectivity index (χ1v) is 10.2. The molecule has 2 aromatic carbocycles. The lowest BCUT2D eigenvalue weighted by Gasteiger charge is -2.09. The first kappa shape index (κ1) is 19.9. The van der Waals surface area contributed by atoms with Crippen molar-refractivity contribution in [3.8, 4) is 0 Å². The largest absolute Gasteiger partial charge is 0.321 e. The van der Waals surface area contributed by atoms with Crippen molar-refractivity contribution in [3.05, 3.63) is 82.4 Å². The van der Waals surface area contributed by atoms with Gasteiger partial charge in [0.15, 0.2) is 5.69 Å². The minimum absolute atomic E-state index is 0.0215. The van der Waals surface area contributed by atoms with Gasteiger partial charge in [0, 0.05) is 11.3 Å². The molecule has 0 aliphatic heterocycles. The van der Waals surface area contributed by atoms with Crippen LogP contribution in [0, 0.1) is 12.7 Å². The van der Waals surface area contributed by atoms with Crippen molar-refractivity contribution in [2.75, 3.05) is 5.32 Å². The van der Waals surface area contributed by atoms with Gasteiger partial charge in [-0.05, 0) is 30.7 Å². The SMILES string of the molecule is Cc1cccc(NC(=O)c2nc(S(=O)(=O)Cc3ccccc3F)ncc2Cl)c1. The number of aryl methyl sites for hydroxylation is 1. The number of carbonyl (C=O) groups is 1. The number of hydrogen-bond donors (Lipinski definition) is 1. The Morgan fingerprint density at radius 3 is 2.64 bits per heavy atom. The summed E-state index contributed by atoms with van der Waals surface area (Å²) in [7, 11) is -4.09. The summed E-state index contributed by atoms with van der Waals surface area (Å²) < 4.78 is 38.9. The van der Waals surface area contributed by atoms with E-state index in [-0.39, 0.29) is 16.3 Å². The topological polar surface area (TPSA) is 89.0 Å². The van der Waals surface area contributed by atoms with Crippen molar-refractivity contribution < 1.29 is 17.6 Å². The number of anilines is 1. The van der Waals surface area contributed by atoms with Crippen molar-refractivity contribution in [3.63, 3.8) is 0 Å². The van der Waals surface area contributed by atoms with Crippen molar-refractivity contribution in [2.24, 2.45) is 0 Å². The van der Waals surface area contributed by atoms with Gasteiger partial charge in [-0.2, -0.15) is 0 Å². The second-order valence-corrected chi connectivity index (χ2v) is 8.31. The van der Waals surface area contributed by atoms with Crippen LogP contribution < -0.4 is 5.32 Å². The maximum atomic E-state index is 13.8. The molecule has 0 saturated heterocycles. The third kappa shape index (κ3) is 4.52. The Morgan fingerprint density at radius 1 is 1.18 bits per heavy atom. The van der Waals surface area contributed by atoms with Gasteiger partial charge in [0.05, 0.1) is 17.0 Å². The third-order valence-corrected chi connectivity index (χ3v) is 5.52. The number of benzene rings is 2. The van der Waals surface area contributed by atoms with Crippen LogP contribution in [0.15, 0.2) is 59.9 Å². The standard InChI is InChI=1S/C19H15ClFN3O3S/c1-12-5-4-7-14(9-12)23-18(25)17-15(20)10-22-19(24-17)28(26,27)11-13-6-2-3-8-16(13)21/h2-10H,11H2,1H3,(H,23,25). The number of rotatable bonds is 5. The number of halogens is 2. The van der Waals surface area contributed by atoms with Crippen LogP contribution in [0.25, 0.3) is 0 Å². The number of amides is 1. The van der Waals surface area contributed by atoms with Gasteiger partial charge in [-0.3, -0.25) is 4.79 Å². The lowest BCUT2D eigenvalue weighted by atomic mass is 10.2. The van der Waals surface area contributed by atoms with Crippen molar-refractivity contribution in [1.82, 2.24) is 9.97 Å². The molecule has 0 saturated carbocycles. The minimum atomic E-state index is -4.09. The Balaban J connectivity index is 1.90. The van der Waals surface area contributed by atoms with Gasteiger partial charge < -0.3 is 5.32 Å². The molecule has 0 bridgehead atoms. The molecule has 28 heavy (non-hydrogen) atoms. The van der Waals surface area contributed by atoms with E-state index in [1.165, 1.54) is 18.2 Å². The molecule has 1 aromatic heterocycles. The zero-order chi connectivity index (χ0) is 20.3. The van der Waals surface area contributed by atoms with Gasteiger partial charge in [-0.25, -0.2) is 22.8 Å². The highest BCUT2D eigenvalue weighted by Crippen LogP contribution is 2.20. The fraction of sp³-hybridized carbons (Fsp3) is 0.105. The van der Waals surface area contributed by atoms with E-state index in [2.05, 4.69) is 15.3 Å². The van der Waals surface area contributed by atoms with Gasteiger partial charge in [0.25, 0.3) is 5.91 Å². The van der Waals surface area contributed by atoms with Crippen LogP contribution in [0.4, 0.5) is 10.1 Å². The van der Waals surface area contributed by atoms with Gasteiger partial charge in [0.1, 0.15) is 5.82 Å². The minimum Gasteiger partial charge on any atom is -0.321 e. The van der Waals surface area contributed by atoms with Gasteiger partial charge in [-0.1, -0.05) is 41.9 Å². The molecule has 1 N–H and O–H groups in total. The molecule has 0 aliphatic carbocycles. The van der Waals surface area contributed by atoms with Crippen LogP contribution in [0.5, 0.6) is 0 Å². The Hall–Kier alpha value is -2.84. The van der Waals surface area contributed by atoms with E-state index in [0.29, 0.717) is 5.69 Å². The summed E-state index contributed by atoms with van der Waals surface area (Å²) in [5.74, 6) is -1.97. The number of nitrogens with zero attached hydrogens (tertiary/aromatic N) is 2. The molecule has 0 radical (unpaired) electrons. The summed E-state index contributed by atoms with van der Waals surface area (Å²) in [6.45, 7) is 1.86. The van der Waals surface area contributed by atoms with Crippen molar-refractivity contribution in [1.29, 1.82) is 0 Å². The van der Waals surface area contributed by atoms with Crippen LogP contribution in [0.1, 0.15) is 21.6 Å². The predicted molar refractivity (Wildman–Crippen MR) is 103 cm³/mol. The average molecular weight is 420 g/mol. The van der Waals surface area contributed by atoms with E-state index in [9.17, 15) is 17.6 Å². The third-order valence-electron chi connectivity index (χ3n) is 3.79. The highest BCUT2D eigenvalue weighted by Gasteiger charge is 2.24. The Morgan fingerprint density at radius 2 is 1.93 bits per heavy atom. The molecule has 0 spiro atoms. The molecule has 6 nitrogen and oxygen atoms in total. The van der Waals surface area contributed by atoms with E-state index >= 15 is 0 Å². The quantitative estimate of drug-likeness (QED) is 0.635. The summed E-state index contributed by atoms with van der Waals surface area (Å²) in [5.41, 5.74) is 1.13. The summed E-state index contributed by atoms with van der Waals surface area (Å²) in [6, 6.07) is 12.5. The lowest BCUT2D eigenvalue weighted by Crippen LogP contribution is -2.18. The fourth-order valence-electron chi connectivity index (χ4n) is 2.46. The Labute approximate surface area is 166 Å². The predicted octanol–water partition coefficient (Wildman–Crippen LogP) is 3.80. The van der Waals surface area contributed by atoms with Crippen LogP contribution in [0.2, 0.25) is 5.02 Å². The molecule has 0 atom stereocenters. The number of aromatic nitrogens is 2. The molecule has 0 unspecified atom stereocenters. The summed E-state index contributed by atoms with van der Waals surface area (Å²) >= 11 is 5.98. The highest BCUT2D eigenvalue weighted by atomic mass is 35.5. The molecule has 1 heterocycles. The first-order chi connectivity index (χ1) is 13.3. The Kier molecular flexibility index (Phi) is 5.71. The van der Waals surface area contributed by atoms with Crippen LogP contribution >= 0.6 is 11.6 Å². The molecule has 3 rings (SSSR count). The molecular formula is C19H15ClFN3O3S. The van der Waals surface area contributed by atoms with Crippen LogP contribution in [-0.2, 0) is 15.6 Å². The zero-order valence-corrected chi connectivity index (χ0v) is 16.3. The highest BCUT2D eigenvalue weighted by molar-refractivity contribution is 7.90. The molecule has 144 valence electrons. The average Bonchev–Trinajstić information content (AvgIpc) is 2.63. The van der Waals surface area contributed by atoms with Crippen LogP contribution in [0.3, 0.4) is 0 Å². The lowest BCUT2D eigenvalue weighted by molar-refractivity contribution is 0.102. The van der Waals surface area contributed by atoms with E-state index in [1.807, 2.05) is 13.0 Å². The number of carbonyl (C=O) groups excluding carboxylic acids is 1. The number of hydrogen-bond acceptors (Lipinski definition) is 5. The number of sulfone groups is 1. The number of nitrogens with one attached hydrogen (secondary N) is 1. The van der Waals surface area contributed by atoms with Gasteiger partial charge in [-0.15, -0.1) is 0 Å². The monoisotopic (exact) mass is 419 g/mol. The van der Waals surface area contributed by atoms with E-state index in [4.69, 9.17) is 11.6 Å². The van der Waals surface area contributed by atoms with E-state index in [0.717, 1.165) is 17.8 Å². The maximum absolute atomic E-state index is 13.8. The second-order valence-electron chi connectivity index (χ2n) is 6.02. The van der Waals surface area contributed by atoms with Crippen molar-refractivity contribution >= 4 is 33.0 Å². The maximum Gasteiger partial charge on any atom is 0.275 e. The van der Waals surface area contributed by atoms with E-state index in [1.54, 1.807) is 18.2 Å².